The molecule has 1 aliphatic rings. The monoisotopic (exact) mass is 511 g/mol. The summed E-state index contributed by atoms with van der Waals surface area (Å²) in [6.45, 7) is 0. The number of ether oxygens (including phenoxy) is 1. The van der Waals surface area contributed by atoms with Crippen LogP contribution in [0.25, 0.3) is 16.8 Å². The minimum atomic E-state index is -1.13. The van der Waals surface area contributed by atoms with Crippen molar-refractivity contribution in [1.29, 1.82) is 0 Å². The lowest BCUT2D eigenvalue weighted by molar-refractivity contribution is -0.132. The SMILES string of the molecule is COc1c(Cl)cc(Cl)cc1/C(O)=C1\C(=O)C(=O)N(c2nc3ccccc3[nH]2)C1c1ccc(F)cc1. The molecule has 5 rings (SSSR count). The van der Waals surface area contributed by atoms with Crippen molar-refractivity contribution in [1.82, 2.24) is 9.97 Å². The van der Waals surface area contributed by atoms with E-state index in [9.17, 15) is 19.1 Å². The molecule has 1 fully saturated rings. The number of para-hydroxylation sites is 2. The second-order valence-electron chi connectivity index (χ2n) is 7.77. The first kappa shape index (κ1) is 22.9. The molecule has 35 heavy (non-hydrogen) atoms. The van der Waals surface area contributed by atoms with Gasteiger partial charge in [0.1, 0.15) is 17.3 Å². The number of imidazole rings is 1. The third-order valence-corrected chi connectivity index (χ3v) is 6.20. The van der Waals surface area contributed by atoms with E-state index in [1.807, 2.05) is 0 Å². The molecule has 1 atom stereocenters. The van der Waals surface area contributed by atoms with E-state index >= 15 is 0 Å². The average molecular weight is 512 g/mol. The summed E-state index contributed by atoms with van der Waals surface area (Å²) in [5.74, 6) is -2.77. The highest BCUT2D eigenvalue weighted by atomic mass is 35.5. The van der Waals surface area contributed by atoms with E-state index in [1.165, 1.54) is 43.5 Å². The average Bonchev–Trinajstić information content (AvgIpc) is 3.37. The van der Waals surface area contributed by atoms with Crippen molar-refractivity contribution in [2.75, 3.05) is 12.0 Å². The molecule has 0 radical (unpaired) electrons. The number of H-pyrrole nitrogens is 1. The van der Waals surface area contributed by atoms with Crippen LogP contribution >= 0.6 is 23.2 Å². The summed E-state index contributed by atoms with van der Waals surface area (Å²) in [7, 11) is 1.34. The standard InChI is InChI=1S/C25H16Cl2FN3O4/c1-35-23-15(10-13(26)11-16(23)27)21(32)19-20(12-6-8-14(28)9-7-12)31(24(34)22(19)33)25-29-17-4-2-3-5-18(17)30-25/h2-11,20,32H,1H3,(H,29,30)/b21-19+. The number of nitrogens with one attached hydrogen (secondary N) is 1. The maximum atomic E-state index is 13.7. The zero-order chi connectivity index (χ0) is 24.9. The Bertz CT molecular complexity index is 1500. The molecular formula is C25H16Cl2FN3O4. The third-order valence-electron chi connectivity index (χ3n) is 5.70. The number of Topliss-reactive ketones (excluding diaryl/α,β-unsaturated/α-hetero) is 1. The summed E-state index contributed by atoms with van der Waals surface area (Å²) in [6.07, 6.45) is 0. The molecule has 1 saturated heterocycles. The fourth-order valence-corrected chi connectivity index (χ4v) is 4.72. The van der Waals surface area contributed by atoms with Crippen molar-refractivity contribution in [3.63, 3.8) is 0 Å². The van der Waals surface area contributed by atoms with Crippen LogP contribution < -0.4 is 9.64 Å². The molecule has 0 spiro atoms. The number of carbonyl (C=O) groups is 2. The summed E-state index contributed by atoms with van der Waals surface area (Å²) in [4.78, 5) is 35.2. The maximum Gasteiger partial charge on any atom is 0.302 e. The molecule has 4 aromatic rings. The molecule has 7 nitrogen and oxygen atoms in total. The van der Waals surface area contributed by atoms with Gasteiger partial charge in [-0.25, -0.2) is 9.37 Å². The number of anilines is 1. The number of hydrogen-bond acceptors (Lipinski definition) is 5. The van der Waals surface area contributed by atoms with Crippen LogP contribution in [0.5, 0.6) is 5.75 Å². The number of aliphatic hydroxyl groups excluding tert-OH is 1. The van der Waals surface area contributed by atoms with Gasteiger partial charge in [0.2, 0.25) is 5.95 Å². The molecule has 1 amide bonds. The zero-order valence-corrected chi connectivity index (χ0v) is 19.6. The normalized spacial score (nSPS) is 17.4. The molecule has 0 aliphatic carbocycles. The number of nitrogens with zero attached hydrogens (tertiary/aromatic N) is 2. The lowest BCUT2D eigenvalue weighted by Crippen LogP contribution is -2.30. The summed E-state index contributed by atoms with van der Waals surface area (Å²) >= 11 is 12.4. The van der Waals surface area contributed by atoms with Gasteiger partial charge in [-0.05, 0) is 42.0 Å². The highest BCUT2D eigenvalue weighted by Gasteiger charge is 2.48. The number of methoxy groups -OCH3 is 1. The van der Waals surface area contributed by atoms with Gasteiger partial charge in [0, 0.05) is 5.02 Å². The first-order chi connectivity index (χ1) is 16.8. The predicted molar refractivity (Wildman–Crippen MR) is 130 cm³/mol. The first-order valence-electron chi connectivity index (χ1n) is 10.3. The van der Waals surface area contributed by atoms with Crippen LogP contribution in [0.15, 0.2) is 66.2 Å². The Morgan fingerprint density at radius 2 is 1.83 bits per heavy atom. The number of ketones is 1. The molecule has 0 bridgehead atoms. The van der Waals surface area contributed by atoms with E-state index in [-0.39, 0.29) is 32.9 Å². The Kier molecular flexibility index (Phi) is 5.70. The molecule has 1 aromatic heterocycles. The van der Waals surface area contributed by atoms with E-state index in [2.05, 4.69) is 9.97 Å². The fraction of sp³-hybridized carbons (Fsp3) is 0.0800. The number of hydrogen-bond donors (Lipinski definition) is 2. The van der Waals surface area contributed by atoms with Crippen molar-refractivity contribution in [2.24, 2.45) is 0 Å². The van der Waals surface area contributed by atoms with E-state index in [4.69, 9.17) is 27.9 Å². The topological polar surface area (TPSA) is 95.5 Å². The first-order valence-corrected chi connectivity index (χ1v) is 11.1. The Morgan fingerprint density at radius 3 is 2.51 bits per heavy atom. The molecule has 176 valence electrons. The van der Waals surface area contributed by atoms with Crippen LogP contribution in [0.2, 0.25) is 10.0 Å². The maximum absolute atomic E-state index is 13.7. The fourth-order valence-electron chi connectivity index (χ4n) is 4.15. The van der Waals surface area contributed by atoms with Crippen molar-refractivity contribution >= 4 is 57.6 Å². The molecule has 1 unspecified atom stereocenters. The highest BCUT2D eigenvalue weighted by Crippen LogP contribution is 2.44. The van der Waals surface area contributed by atoms with Gasteiger partial charge in [0.05, 0.1) is 40.3 Å². The van der Waals surface area contributed by atoms with Crippen LogP contribution in [0.3, 0.4) is 0 Å². The summed E-state index contributed by atoms with van der Waals surface area (Å²) < 4.78 is 19.0. The largest absolute Gasteiger partial charge is 0.507 e. The summed E-state index contributed by atoms with van der Waals surface area (Å²) in [5, 5.41) is 11.6. The minimum Gasteiger partial charge on any atom is -0.507 e. The number of amides is 1. The number of rotatable bonds is 4. The number of halogens is 3. The van der Waals surface area contributed by atoms with Gasteiger partial charge < -0.3 is 14.8 Å². The Morgan fingerprint density at radius 1 is 1.11 bits per heavy atom. The molecule has 3 aromatic carbocycles. The third kappa shape index (κ3) is 3.80. The molecule has 0 saturated carbocycles. The van der Waals surface area contributed by atoms with Crippen LogP contribution in [0, 0.1) is 5.82 Å². The summed E-state index contributed by atoms with van der Waals surface area (Å²) in [6, 6.07) is 14.0. The van der Waals surface area contributed by atoms with E-state index in [0.29, 0.717) is 16.6 Å². The van der Waals surface area contributed by atoms with Crippen LogP contribution in [-0.4, -0.2) is 33.9 Å². The van der Waals surface area contributed by atoms with Crippen molar-refractivity contribution in [3.8, 4) is 5.75 Å². The second kappa shape index (κ2) is 8.72. The number of aromatic amines is 1. The van der Waals surface area contributed by atoms with Crippen molar-refractivity contribution in [2.45, 2.75) is 6.04 Å². The van der Waals surface area contributed by atoms with Crippen LogP contribution in [-0.2, 0) is 9.59 Å². The quantitative estimate of drug-likeness (QED) is 0.210. The van der Waals surface area contributed by atoms with E-state index in [0.717, 1.165) is 4.90 Å². The lowest BCUT2D eigenvalue weighted by Gasteiger charge is -2.23. The van der Waals surface area contributed by atoms with Crippen LogP contribution in [0.4, 0.5) is 10.3 Å². The zero-order valence-electron chi connectivity index (χ0n) is 18.1. The summed E-state index contributed by atoms with van der Waals surface area (Å²) in [5.41, 5.74) is 1.37. The molecule has 2 heterocycles. The van der Waals surface area contributed by atoms with Gasteiger partial charge in [0.15, 0.2) is 0 Å². The van der Waals surface area contributed by atoms with Gasteiger partial charge in [-0.15, -0.1) is 0 Å². The lowest BCUT2D eigenvalue weighted by atomic mass is 9.95. The second-order valence-corrected chi connectivity index (χ2v) is 8.61. The van der Waals surface area contributed by atoms with Crippen molar-refractivity contribution in [3.05, 3.63) is 93.2 Å². The number of fused-ring (bicyclic) bond motifs is 1. The predicted octanol–water partition coefficient (Wildman–Crippen LogP) is 5.64. The van der Waals surface area contributed by atoms with E-state index in [1.54, 1.807) is 24.3 Å². The Balaban J connectivity index is 1.78. The van der Waals surface area contributed by atoms with E-state index < -0.39 is 29.3 Å². The number of carbonyl (C=O) groups excluding carboxylic acids is 2. The molecule has 1 aliphatic heterocycles. The smallest absolute Gasteiger partial charge is 0.302 e. The highest BCUT2D eigenvalue weighted by molar-refractivity contribution is 6.51. The minimum absolute atomic E-state index is 0.0275. The molecule has 10 heteroatoms. The van der Waals surface area contributed by atoms with Crippen molar-refractivity contribution < 1.29 is 23.8 Å². The Hall–Kier alpha value is -3.88. The van der Waals surface area contributed by atoms with Crippen LogP contribution in [0.1, 0.15) is 17.2 Å². The number of aliphatic hydroxyl groups is 1. The van der Waals surface area contributed by atoms with Gasteiger partial charge in [-0.2, -0.15) is 0 Å². The molecule has 2 N–H and O–H groups in total. The Labute approximate surface area is 208 Å². The van der Waals surface area contributed by atoms with Gasteiger partial charge in [-0.1, -0.05) is 47.5 Å². The van der Waals surface area contributed by atoms with Gasteiger partial charge in [0.25, 0.3) is 5.78 Å². The molecular weight excluding hydrogens is 496 g/mol. The number of benzene rings is 3. The van der Waals surface area contributed by atoms with Gasteiger partial charge in [-0.3, -0.25) is 14.5 Å². The van der Waals surface area contributed by atoms with Gasteiger partial charge >= 0.3 is 5.91 Å². The number of aromatic nitrogens is 2.